The van der Waals surface area contributed by atoms with E-state index in [0.29, 0.717) is 16.3 Å². The molecule has 0 bridgehead atoms. The summed E-state index contributed by atoms with van der Waals surface area (Å²) < 4.78 is 5.17. The molecule has 1 amide bonds. The van der Waals surface area contributed by atoms with Gasteiger partial charge in [0, 0.05) is 30.5 Å². The molecule has 1 atom stereocenters. The zero-order valence-corrected chi connectivity index (χ0v) is 14.5. The molecule has 0 aromatic heterocycles. The van der Waals surface area contributed by atoms with E-state index < -0.39 is 18.0 Å². The monoisotopic (exact) mass is 346 g/mol. The summed E-state index contributed by atoms with van der Waals surface area (Å²) in [4.78, 5) is 26.1. The normalized spacial score (nSPS) is 11.5. The van der Waals surface area contributed by atoms with Crippen molar-refractivity contribution in [1.29, 1.82) is 0 Å². The smallest absolute Gasteiger partial charge is 0.338 e. The highest BCUT2D eigenvalue weighted by atomic mass is 35.5. The molecule has 0 aliphatic rings. The van der Waals surface area contributed by atoms with Gasteiger partial charge in [-0.15, -0.1) is 0 Å². The van der Waals surface area contributed by atoms with Gasteiger partial charge in [0.1, 0.15) is 0 Å². The summed E-state index contributed by atoms with van der Waals surface area (Å²) in [6.07, 6.45) is -0.915. The molecule has 2 rings (SSSR count). The first-order valence-corrected chi connectivity index (χ1v) is 7.79. The zero-order chi connectivity index (χ0) is 17.7. The molecule has 126 valence electrons. The second-order valence-electron chi connectivity index (χ2n) is 5.48. The minimum absolute atomic E-state index is 0.342. The molecule has 0 aliphatic heterocycles. The Morgan fingerprint density at radius 2 is 1.62 bits per heavy atom. The molecule has 5 nitrogen and oxygen atoms in total. The average Bonchev–Trinajstić information content (AvgIpc) is 2.55. The van der Waals surface area contributed by atoms with Crippen molar-refractivity contribution in [3.63, 3.8) is 0 Å². The van der Waals surface area contributed by atoms with Crippen molar-refractivity contribution < 1.29 is 14.3 Å². The van der Waals surface area contributed by atoms with Gasteiger partial charge in [0.05, 0.1) is 5.56 Å². The van der Waals surface area contributed by atoms with Crippen molar-refractivity contribution >= 4 is 34.9 Å². The number of benzene rings is 2. The number of esters is 1. The molecule has 0 fully saturated rings. The van der Waals surface area contributed by atoms with E-state index in [9.17, 15) is 9.59 Å². The van der Waals surface area contributed by atoms with Gasteiger partial charge in [-0.1, -0.05) is 11.6 Å². The van der Waals surface area contributed by atoms with Crippen LogP contribution in [0.4, 0.5) is 11.4 Å². The molecule has 0 radical (unpaired) electrons. The highest BCUT2D eigenvalue weighted by molar-refractivity contribution is 6.30. The summed E-state index contributed by atoms with van der Waals surface area (Å²) in [5.74, 6) is -0.966. The Balaban J connectivity index is 1.94. The molecular formula is C18H19ClN2O3. The summed E-state index contributed by atoms with van der Waals surface area (Å²) in [6.45, 7) is 1.53. The maximum absolute atomic E-state index is 12.1. The molecule has 2 aromatic rings. The molecule has 24 heavy (non-hydrogen) atoms. The fraction of sp³-hybridized carbons (Fsp3) is 0.222. The van der Waals surface area contributed by atoms with Crippen molar-refractivity contribution in [2.75, 3.05) is 24.3 Å². The van der Waals surface area contributed by atoms with Crippen LogP contribution >= 0.6 is 11.6 Å². The summed E-state index contributed by atoms with van der Waals surface area (Å²) >= 11 is 5.77. The van der Waals surface area contributed by atoms with E-state index in [1.54, 1.807) is 36.4 Å². The summed E-state index contributed by atoms with van der Waals surface area (Å²) in [5.41, 5.74) is 2.00. The minimum atomic E-state index is -0.915. The Hall–Kier alpha value is -2.53. The molecule has 2 aromatic carbocycles. The number of ether oxygens (including phenoxy) is 1. The number of anilines is 2. The molecule has 0 saturated carbocycles. The molecular weight excluding hydrogens is 328 g/mol. The second-order valence-corrected chi connectivity index (χ2v) is 5.92. The van der Waals surface area contributed by atoms with Crippen LogP contribution in [0, 0.1) is 0 Å². The highest BCUT2D eigenvalue weighted by Gasteiger charge is 2.19. The Morgan fingerprint density at radius 1 is 1.04 bits per heavy atom. The topological polar surface area (TPSA) is 58.6 Å². The molecule has 0 saturated heterocycles. The van der Waals surface area contributed by atoms with E-state index >= 15 is 0 Å². The predicted octanol–water partition coefficient (Wildman–Crippen LogP) is 3.59. The van der Waals surface area contributed by atoms with E-state index in [-0.39, 0.29) is 0 Å². The third kappa shape index (κ3) is 4.73. The van der Waals surface area contributed by atoms with Gasteiger partial charge in [0.25, 0.3) is 5.91 Å². The number of hydrogen-bond donors (Lipinski definition) is 1. The molecule has 0 heterocycles. The van der Waals surface area contributed by atoms with Crippen LogP contribution in [0.25, 0.3) is 0 Å². The second kappa shape index (κ2) is 7.84. The van der Waals surface area contributed by atoms with E-state index in [0.717, 1.165) is 5.69 Å². The van der Waals surface area contributed by atoms with E-state index in [2.05, 4.69) is 5.32 Å². The number of nitrogens with one attached hydrogen (secondary N) is 1. The lowest BCUT2D eigenvalue weighted by atomic mass is 10.2. The SMILES string of the molecule is C[C@@H](OC(=O)c1ccc(Cl)cc1)C(=O)Nc1ccc(N(C)C)cc1. The summed E-state index contributed by atoms with van der Waals surface area (Å²) in [6, 6.07) is 13.6. The predicted molar refractivity (Wildman–Crippen MR) is 95.7 cm³/mol. The van der Waals surface area contributed by atoms with Crippen LogP contribution in [-0.4, -0.2) is 32.1 Å². The van der Waals surface area contributed by atoms with Gasteiger partial charge < -0.3 is 15.0 Å². The lowest BCUT2D eigenvalue weighted by molar-refractivity contribution is -0.123. The van der Waals surface area contributed by atoms with Crippen LogP contribution in [0.5, 0.6) is 0 Å². The van der Waals surface area contributed by atoms with Crippen LogP contribution < -0.4 is 10.2 Å². The number of carbonyl (C=O) groups is 2. The van der Waals surface area contributed by atoms with Gasteiger partial charge in [-0.05, 0) is 55.5 Å². The van der Waals surface area contributed by atoms with Crippen LogP contribution in [0.3, 0.4) is 0 Å². The lowest BCUT2D eigenvalue weighted by Gasteiger charge is -2.15. The number of hydrogen-bond acceptors (Lipinski definition) is 4. The largest absolute Gasteiger partial charge is 0.449 e. The first kappa shape index (κ1) is 17.8. The fourth-order valence-electron chi connectivity index (χ4n) is 1.95. The molecule has 1 N–H and O–H groups in total. The zero-order valence-electron chi connectivity index (χ0n) is 13.7. The Kier molecular flexibility index (Phi) is 5.82. The maximum atomic E-state index is 12.1. The van der Waals surface area contributed by atoms with Crippen molar-refractivity contribution in [1.82, 2.24) is 0 Å². The van der Waals surface area contributed by atoms with Crippen molar-refractivity contribution in [2.45, 2.75) is 13.0 Å². The molecule has 0 unspecified atom stereocenters. The molecule has 0 spiro atoms. The van der Waals surface area contributed by atoms with Gasteiger partial charge in [0.2, 0.25) is 0 Å². The van der Waals surface area contributed by atoms with Crippen LogP contribution in [0.15, 0.2) is 48.5 Å². The van der Waals surface area contributed by atoms with Crippen molar-refractivity contribution in [3.8, 4) is 0 Å². The van der Waals surface area contributed by atoms with Gasteiger partial charge in [-0.2, -0.15) is 0 Å². The average molecular weight is 347 g/mol. The van der Waals surface area contributed by atoms with Gasteiger partial charge in [-0.3, -0.25) is 4.79 Å². The van der Waals surface area contributed by atoms with Crippen LogP contribution in [0.2, 0.25) is 5.02 Å². The van der Waals surface area contributed by atoms with Crippen molar-refractivity contribution in [3.05, 3.63) is 59.1 Å². The highest BCUT2D eigenvalue weighted by Crippen LogP contribution is 2.16. The van der Waals surface area contributed by atoms with Crippen molar-refractivity contribution in [2.24, 2.45) is 0 Å². The number of rotatable bonds is 5. The molecule has 6 heteroatoms. The number of carbonyl (C=O) groups excluding carboxylic acids is 2. The van der Waals surface area contributed by atoms with E-state index in [1.165, 1.54) is 6.92 Å². The quantitative estimate of drug-likeness (QED) is 0.840. The third-order valence-electron chi connectivity index (χ3n) is 3.38. The van der Waals surface area contributed by atoms with Crippen LogP contribution in [0.1, 0.15) is 17.3 Å². The van der Waals surface area contributed by atoms with Gasteiger partial charge in [-0.25, -0.2) is 4.79 Å². The number of amides is 1. The molecule has 0 aliphatic carbocycles. The van der Waals surface area contributed by atoms with Gasteiger partial charge >= 0.3 is 5.97 Å². The lowest BCUT2D eigenvalue weighted by Crippen LogP contribution is -2.30. The Bertz CT molecular complexity index is 712. The van der Waals surface area contributed by atoms with E-state index in [4.69, 9.17) is 16.3 Å². The third-order valence-corrected chi connectivity index (χ3v) is 3.64. The minimum Gasteiger partial charge on any atom is -0.449 e. The number of halogens is 1. The maximum Gasteiger partial charge on any atom is 0.338 e. The summed E-state index contributed by atoms with van der Waals surface area (Å²) in [7, 11) is 3.87. The first-order chi connectivity index (χ1) is 11.4. The standard InChI is InChI=1S/C18H19ClN2O3/c1-12(24-18(23)13-4-6-14(19)7-5-13)17(22)20-15-8-10-16(11-9-15)21(2)3/h4-12H,1-3H3,(H,20,22)/t12-/m1/s1. The van der Waals surface area contributed by atoms with Gasteiger partial charge in [0.15, 0.2) is 6.10 Å². The Morgan fingerprint density at radius 3 is 2.17 bits per heavy atom. The first-order valence-electron chi connectivity index (χ1n) is 7.41. The van der Waals surface area contributed by atoms with Crippen LogP contribution in [-0.2, 0) is 9.53 Å². The fourth-order valence-corrected chi connectivity index (χ4v) is 2.08. The summed E-state index contributed by atoms with van der Waals surface area (Å²) in [5, 5.41) is 3.24. The number of nitrogens with zero attached hydrogens (tertiary/aromatic N) is 1. The van der Waals surface area contributed by atoms with E-state index in [1.807, 2.05) is 31.1 Å². The Labute approximate surface area is 146 Å².